The summed E-state index contributed by atoms with van der Waals surface area (Å²) in [6.45, 7) is 5.41. The number of thiophene rings is 1. The van der Waals surface area contributed by atoms with Crippen molar-refractivity contribution in [2.75, 3.05) is 6.54 Å². The van der Waals surface area contributed by atoms with Crippen LogP contribution in [0.1, 0.15) is 52.7 Å². The molecular formula is C20H25N3O2S. The second-order valence-electron chi connectivity index (χ2n) is 7.13. The van der Waals surface area contributed by atoms with Gasteiger partial charge in [-0.25, -0.2) is 4.79 Å². The largest absolute Gasteiger partial charge is 0.366 e. The molecule has 0 saturated heterocycles. The minimum Gasteiger partial charge on any atom is -0.366 e. The number of primary amides is 1. The normalized spacial score (nSPS) is 14.8. The average Bonchev–Trinajstić information content (AvgIpc) is 3.14. The highest BCUT2D eigenvalue weighted by Crippen LogP contribution is 2.27. The summed E-state index contributed by atoms with van der Waals surface area (Å²) < 4.78 is 0. The van der Waals surface area contributed by atoms with E-state index in [1.165, 1.54) is 4.88 Å². The van der Waals surface area contributed by atoms with Crippen molar-refractivity contribution in [3.05, 3.63) is 57.3 Å². The third kappa shape index (κ3) is 4.07. The van der Waals surface area contributed by atoms with E-state index in [2.05, 4.69) is 25.2 Å². The molecular weight excluding hydrogens is 346 g/mol. The zero-order valence-electron chi connectivity index (χ0n) is 15.2. The van der Waals surface area contributed by atoms with Crippen molar-refractivity contribution >= 4 is 23.3 Å². The van der Waals surface area contributed by atoms with Crippen LogP contribution in [0.4, 0.5) is 4.79 Å². The molecule has 3 N–H and O–H groups in total. The summed E-state index contributed by atoms with van der Waals surface area (Å²) in [7, 11) is 0. The van der Waals surface area contributed by atoms with Crippen molar-refractivity contribution in [1.29, 1.82) is 0 Å². The van der Waals surface area contributed by atoms with Gasteiger partial charge in [-0.2, -0.15) is 0 Å². The zero-order chi connectivity index (χ0) is 18.7. The van der Waals surface area contributed by atoms with Gasteiger partial charge in [0.1, 0.15) is 0 Å². The van der Waals surface area contributed by atoms with E-state index < -0.39 is 5.91 Å². The van der Waals surface area contributed by atoms with Gasteiger partial charge in [-0.15, -0.1) is 11.3 Å². The molecule has 26 heavy (non-hydrogen) atoms. The Morgan fingerprint density at radius 3 is 2.73 bits per heavy atom. The van der Waals surface area contributed by atoms with E-state index in [0.29, 0.717) is 31.0 Å². The molecule has 2 aromatic rings. The lowest BCUT2D eigenvalue weighted by molar-refractivity contribution is 0.0999. The Bertz CT molecular complexity index is 786. The summed E-state index contributed by atoms with van der Waals surface area (Å²) in [6.07, 6.45) is 1.55. The Balaban J connectivity index is 1.73. The molecule has 3 amide bonds. The molecule has 1 unspecified atom stereocenters. The number of nitrogens with one attached hydrogen (secondary N) is 1. The maximum atomic E-state index is 12.8. The van der Waals surface area contributed by atoms with Gasteiger partial charge in [0.2, 0.25) is 5.91 Å². The summed E-state index contributed by atoms with van der Waals surface area (Å²) in [4.78, 5) is 27.4. The minimum atomic E-state index is -0.408. The van der Waals surface area contributed by atoms with Crippen molar-refractivity contribution in [3.8, 4) is 0 Å². The van der Waals surface area contributed by atoms with E-state index in [1.54, 1.807) is 17.4 Å². The lowest BCUT2D eigenvalue weighted by Crippen LogP contribution is -2.44. The van der Waals surface area contributed by atoms with Crippen LogP contribution in [0.5, 0.6) is 0 Å². The summed E-state index contributed by atoms with van der Waals surface area (Å²) >= 11 is 1.67. The highest BCUT2D eigenvalue weighted by molar-refractivity contribution is 7.10. The van der Waals surface area contributed by atoms with Crippen LogP contribution in [0.25, 0.3) is 0 Å². The standard InChI is InChI=1S/C20H25N3O2S/c1-13(2)11-17(18-7-4-10-26-18)22-20(25)23-9-8-15-14(12-23)5-3-6-16(15)19(21)24/h3-7,10,13,17H,8-9,11-12H2,1-2H3,(H2,21,24)(H,22,25). The summed E-state index contributed by atoms with van der Waals surface area (Å²) in [5.74, 6) is 0.0806. The van der Waals surface area contributed by atoms with Crippen LogP contribution >= 0.6 is 11.3 Å². The van der Waals surface area contributed by atoms with Gasteiger partial charge in [0.15, 0.2) is 0 Å². The molecule has 0 aliphatic carbocycles. The highest BCUT2D eigenvalue weighted by atomic mass is 32.1. The summed E-state index contributed by atoms with van der Waals surface area (Å²) in [5, 5.41) is 5.23. The van der Waals surface area contributed by atoms with Gasteiger partial charge in [-0.1, -0.05) is 32.0 Å². The number of amides is 3. The van der Waals surface area contributed by atoms with E-state index in [-0.39, 0.29) is 12.1 Å². The first kappa shape index (κ1) is 18.5. The quantitative estimate of drug-likeness (QED) is 0.841. The van der Waals surface area contributed by atoms with Crippen LogP contribution in [0, 0.1) is 5.92 Å². The van der Waals surface area contributed by atoms with Crippen molar-refractivity contribution in [3.63, 3.8) is 0 Å². The van der Waals surface area contributed by atoms with Crippen molar-refractivity contribution in [1.82, 2.24) is 10.2 Å². The molecule has 138 valence electrons. The maximum Gasteiger partial charge on any atom is 0.318 e. The number of urea groups is 1. The molecule has 1 aromatic heterocycles. The van der Waals surface area contributed by atoms with E-state index in [4.69, 9.17) is 5.73 Å². The van der Waals surface area contributed by atoms with Crippen LogP contribution in [0.2, 0.25) is 0 Å². The number of rotatable bonds is 5. The van der Waals surface area contributed by atoms with Gasteiger partial charge in [0, 0.05) is 23.5 Å². The Morgan fingerprint density at radius 1 is 1.27 bits per heavy atom. The molecule has 1 aromatic carbocycles. The first-order chi connectivity index (χ1) is 12.5. The molecule has 1 aliphatic heterocycles. The van der Waals surface area contributed by atoms with Crippen LogP contribution in [-0.4, -0.2) is 23.4 Å². The predicted molar refractivity (Wildman–Crippen MR) is 104 cm³/mol. The number of nitrogens with two attached hydrogens (primary N) is 1. The number of hydrogen-bond donors (Lipinski definition) is 2. The van der Waals surface area contributed by atoms with E-state index in [0.717, 1.165) is 17.5 Å². The molecule has 0 radical (unpaired) electrons. The number of nitrogens with zero attached hydrogens (tertiary/aromatic N) is 1. The topological polar surface area (TPSA) is 75.4 Å². The van der Waals surface area contributed by atoms with E-state index >= 15 is 0 Å². The Hall–Kier alpha value is -2.34. The smallest absolute Gasteiger partial charge is 0.318 e. The van der Waals surface area contributed by atoms with E-state index in [9.17, 15) is 9.59 Å². The fraction of sp³-hybridized carbons (Fsp3) is 0.400. The summed E-state index contributed by atoms with van der Waals surface area (Å²) in [6, 6.07) is 9.61. The molecule has 0 saturated carbocycles. The van der Waals surface area contributed by atoms with Gasteiger partial charge in [-0.05, 0) is 47.4 Å². The number of hydrogen-bond acceptors (Lipinski definition) is 3. The first-order valence-corrected chi connectivity index (χ1v) is 9.83. The third-order valence-electron chi connectivity index (χ3n) is 4.71. The molecule has 1 aliphatic rings. The molecule has 1 atom stereocenters. The maximum absolute atomic E-state index is 12.8. The van der Waals surface area contributed by atoms with Crippen molar-refractivity contribution < 1.29 is 9.59 Å². The van der Waals surface area contributed by atoms with Crippen LogP contribution < -0.4 is 11.1 Å². The van der Waals surface area contributed by atoms with E-state index in [1.807, 2.05) is 28.5 Å². The van der Waals surface area contributed by atoms with Gasteiger partial charge >= 0.3 is 6.03 Å². The number of fused-ring (bicyclic) bond motifs is 1. The molecule has 0 fully saturated rings. The Kier molecular flexibility index (Phi) is 5.61. The minimum absolute atomic E-state index is 0.0286. The van der Waals surface area contributed by atoms with Gasteiger partial charge in [0.25, 0.3) is 0 Å². The zero-order valence-corrected chi connectivity index (χ0v) is 16.0. The second-order valence-corrected chi connectivity index (χ2v) is 8.11. The van der Waals surface area contributed by atoms with Crippen molar-refractivity contribution in [2.24, 2.45) is 11.7 Å². The van der Waals surface area contributed by atoms with Gasteiger partial charge in [-0.3, -0.25) is 4.79 Å². The monoisotopic (exact) mass is 371 g/mol. The van der Waals surface area contributed by atoms with Crippen LogP contribution in [0.15, 0.2) is 35.7 Å². The fourth-order valence-electron chi connectivity index (χ4n) is 3.46. The SMILES string of the molecule is CC(C)CC(NC(=O)N1CCc2c(cccc2C(N)=O)C1)c1cccs1. The molecule has 0 bridgehead atoms. The molecule has 0 spiro atoms. The number of benzene rings is 1. The summed E-state index contributed by atoms with van der Waals surface area (Å²) in [5.41, 5.74) is 8.01. The number of carbonyl (C=O) groups is 2. The highest BCUT2D eigenvalue weighted by Gasteiger charge is 2.26. The molecule has 5 nitrogen and oxygen atoms in total. The predicted octanol–water partition coefficient (Wildman–Crippen LogP) is 3.70. The third-order valence-corrected chi connectivity index (χ3v) is 5.70. The fourth-order valence-corrected chi connectivity index (χ4v) is 4.25. The van der Waals surface area contributed by atoms with Gasteiger partial charge in [0.05, 0.1) is 6.04 Å². The lowest BCUT2D eigenvalue weighted by atomic mass is 9.94. The molecule has 3 rings (SSSR count). The Labute approximate surface area is 158 Å². The number of carbonyl (C=O) groups excluding carboxylic acids is 2. The van der Waals surface area contributed by atoms with Crippen LogP contribution in [0.3, 0.4) is 0 Å². The Morgan fingerprint density at radius 2 is 2.08 bits per heavy atom. The van der Waals surface area contributed by atoms with Gasteiger partial charge < -0.3 is 16.0 Å². The molecule has 6 heteroatoms. The first-order valence-electron chi connectivity index (χ1n) is 8.95. The van der Waals surface area contributed by atoms with Crippen molar-refractivity contribution in [2.45, 2.75) is 39.3 Å². The second kappa shape index (κ2) is 7.91. The van der Waals surface area contributed by atoms with Crippen LogP contribution in [-0.2, 0) is 13.0 Å². The lowest BCUT2D eigenvalue weighted by Gasteiger charge is -2.31. The molecule has 2 heterocycles. The average molecular weight is 372 g/mol.